The zero-order valence-corrected chi connectivity index (χ0v) is 23.7. The molecule has 0 saturated carbocycles. The van der Waals surface area contributed by atoms with E-state index < -0.39 is 0 Å². The minimum atomic E-state index is -0.350. The highest BCUT2D eigenvalue weighted by molar-refractivity contribution is 7.99. The molecule has 3 aromatic rings. The fourth-order valence-corrected chi connectivity index (χ4v) is 7.59. The molecule has 5 rings (SSSR count). The number of fused-ring (bicyclic) bond motifs is 1. The maximum atomic E-state index is 13.1. The average Bonchev–Trinajstić information content (AvgIpc) is 3.65. The Morgan fingerprint density at radius 2 is 2.11 bits per heavy atom. The first kappa shape index (κ1) is 26.4. The van der Waals surface area contributed by atoms with E-state index in [4.69, 9.17) is 9.47 Å². The molecule has 1 amide bonds. The molecule has 1 saturated heterocycles. The number of nitrogens with zero attached hydrogens (tertiary/aromatic N) is 3. The predicted octanol–water partition coefficient (Wildman–Crippen LogP) is 5.73. The number of aromatic nitrogens is 3. The molecule has 11 heteroatoms. The second-order valence-electron chi connectivity index (χ2n) is 9.32. The van der Waals surface area contributed by atoms with E-state index in [1.54, 1.807) is 18.3 Å². The number of carbonyl (C=O) groups excluding carboxylic acids is 2. The fourth-order valence-electron chi connectivity index (χ4n) is 4.87. The molecular weight excluding hydrogens is 529 g/mol. The molecule has 2 aliphatic rings. The van der Waals surface area contributed by atoms with Crippen LogP contribution in [0.15, 0.2) is 16.6 Å². The quantitative estimate of drug-likeness (QED) is 0.203. The van der Waals surface area contributed by atoms with Crippen LogP contribution in [-0.4, -0.2) is 51.7 Å². The monoisotopic (exact) mass is 560 g/mol. The van der Waals surface area contributed by atoms with E-state index in [-0.39, 0.29) is 23.7 Å². The van der Waals surface area contributed by atoms with Gasteiger partial charge >= 0.3 is 5.97 Å². The summed E-state index contributed by atoms with van der Waals surface area (Å²) < 4.78 is 13.3. The summed E-state index contributed by atoms with van der Waals surface area (Å²) in [6, 6.07) is 2.11. The summed E-state index contributed by atoms with van der Waals surface area (Å²) in [6.45, 7) is 5.61. The predicted molar refractivity (Wildman–Crippen MR) is 148 cm³/mol. The highest BCUT2D eigenvalue weighted by atomic mass is 32.2. The van der Waals surface area contributed by atoms with E-state index in [9.17, 15) is 9.59 Å². The van der Waals surface area contributed by atoms with Gasteiger partial charge in [0.15, 0.2) is 11.0 Å². The second-order valence-corrected chi connectivity index (χ2v) is 12.5. The molecule has 8 nitrogen and oxygen atoms in total. The van der Waals surface area contributed by atoms with E-state index in [1.165, 1.54) is 32.9 Å². The molecule has 198 valence electrons. The number of rotatable bonds is 9. The van der Waals surface area contributed by atoms with Gasteiger partial charge in [-0.1, -0.05) is 18.2 Å². The molecule has 3 aromatic heterocycles. The van der Waals surface area contributed by atoms with Crippen LogP contribution in [0.2, 0.25) is 0 Å². The summed E-state index contributed by atoms with van der Waals surface area (Å²) in [5.74, 6) is 0.440. The lowest BCUT2D eigenvalue weighted by atomic mass is 10.1. The summed E-state index contributed by atoms with van der Waals surface area (Å²) >= 11 is 4.55. The molecule has 1 N–H and O–H groups in total. The number of hydrogen-bond acceptors (Lipinski definition) is 9. The van der Waals surface area contributed by atoms with Crippen LogP contribution in [0.5, 0.6) is 0 Å². The van der Waals surface area contributed by atoms with Crippen molar-refractivity contribution in [1.29, 1.82) is 0 Å². The van der Waals surface area contributed by atoms with Gasteiger partial charge in [0.05, 0.1) is 30.6 Å². The first-order valence-electron chi connectivity index (χ1n) is 12.9. The van der Waals surface area contributed by atoms with Crippen molar-refractivity contribution in [2.45, 2.75) is 76.6 Å². The highest BCUT2D eigenvalue weighted by Gasteiger charge is 2.27. The molecule has 1 atom stereocenters. The zero-order chi connectivity index (χ0) is 25.8. The van der Waals surface area contributed by atoms with Gasteiger partial charge in [-0.05, 0) is 64.0 Å². The van der Waals surface area contributed by atoms with Gasteiger partial charge in [-0.15, -0.1) is 32.9 Å². The number of thiophene rings is 2. The van der Waals surface area contributed by atoms with Crippen molar-refractivity contribution < 1.29 is 19.1 Å². The lowest BCUT2D eigenvalue weighted by Gasteiger charge is -2.14. The maximum Gasteiger partial charge on any atom is 0.341 e. The van der Waals surface area contributed by atoms with E-state index in [1.807, 2.05) is 0 Å². The van der Waals surface area contributed by atoms with Gasteiger partial charge in [-0.25, -0.2) is 4.79 Å². The number of anilines is 1. The van der Waals surface area contributed by atoms with Gasteiger partial charge in [-0.2, -0.15) is 0 Å². The Morgan fingerprint density at radius 1 is 1.24 bits per heavy atom. The number of aryl methyl sites for hydroxylation is 2. The Hall–Kier alpha value is -2.21. The normalized spacial score (nSPS) is 17.4. The van der Waals surface area contributed by atoms with Crippen LogP contribution < -0.4 is 5.32 Å². The van der Waals surface area contributed by atoms with Crippen LogP contribution in [-0.2, 0) is 33.7 Å². The molecule has 0 bridgehead atoms. The topological polar surface area (TPSA) is 95.3 Å². The van der Waals surface area contributed by atoms with Crippen LogP contribution in [0.25, 0.3) is 11.4 Å². The van der Waals surface area contributed by atoms with Crippen LogP contribution >= 0.6 is 34.4 Å². The number of nitrogens with one attached hydrogen (secondary N) is 1. The average molecular weight is 561 g/mol. The van der Waals surface area contributed by atoms with Crippen LogP contribution in [0.4, 0.5) is 5.00 Å². The van der Waals surface area contributed by atoms with Crippen molar-refractivity contribution in [3.05, 3.63) is 32.3 Å². The SMILES string of the molecule is CCOC(=O)c1c(NC(=O)CSc2nnc(-c3csc(C)c3)n2CC2CCCO2)sc2c1CCCCC2. The molecule has 1 unspecified atom stereocenters. The Morgan fingerprint density at radius 3 is 2.86 bits per heavy atom. The first-order chi connectivity index (χ1) is 18.0. The number of esters is 1. The minimum absolute atomic E-state index is 0.122. The van der Waals surface area contributed by atoms with Gasteiger partial charge in [0.2, 0.25) is 5.91 Å². The van der Waals surface area contributed by atoms with Gasteiger partial charge < -0.3 is 14.8 Å². The summed E-state index contributed by atoms with van der Waals surface area (Å²) in [7, 11) is 0. The van der Waals surface area contributed by atoms with Crippen molar-refractivity contribution in [3.63, 3.8) is 0 Å². The molecular formula is C26H32N4O4S3. The molecule has 0 radical (unpaired) electrons. The summed E-state index contributed by atoms with van der Waals surface area (Å²) in [6.07, 6.45) is 7.27. The van der Waals surface area contributed by atoms with Crippen LogP contribution in [0, 0.1) is 6.92 Å². The first-order valence-corrected chi connectivity index (χ1v) is 15.6. The summed E-state index contributed by atoms with van der Waals surface area (Å²) in [5, 5.41) is 15.3. The van der Waals surface area contributed by atoms with Gasteiger partial charge in [0.1, 0.15) is 5.00 Å². The van der Waals surface area contributed by atoms with Crippen molar-refractivity contribution in [2.24, 2.45) is 0 Å². The number of amides is 1. The molecule has 0 aromatic carbocycles. The Bertz CT molecular complexity index is 1260. The Labute approximate surface area is 229 Å². The minimum Gasteiger partial charge on any atom is -0.462 e. The zero-order valence-electron chi connectivity index (χ0n) is 21.2. The number of carbonyl (C=O) groups is 2. The van der Waals surface area contributed by atoms with E-state index in [0.29, 0.717) is 28.9 Å². The lowest BCUT2D eigenvalue weighted by molar-refractivity contribution is -0.113. The smallest absolute Gasteiger partial charge is 0.341 e. The molecule has 4 heterocycles. The highest BCUT2D eigenvalue weighted by Crippen LogP contribution is 2.38. The molecule has 1 fully saturated rings. The fraction of sp³-hybridized carbons (Fsp3) is 0.538. The van der Waals surface area contributed by atoms with Crippen LogP contribution in [0.3, 0.4) is 0 Å². The number of ether oxygens (including phenoxy) is 2. The number of thioether (sulfide) groups is 1. The Balaban J connectivity index is 1.32. The van der Waals surface area contributed by atoms with E-state index in [0.717, 1.165) is 68.5 Å². The van der Waals surface area contributed by atoms with E-state index >= 15 is 0 Å². The van der Waals surface area contributed by atoms with Crippen LogP contribution in [0.1, 0.15) is 64.7 Å². The van der Waals surface area contributed by atoms with Gasteiger partial charge in [0.25, 0.3) is 0 Å². The third-order valence-corrected chi connectivity index (χ3v) is 9.64. The lowest BCUT2D eigenvalue weighted by Crippen LogP contribution is -2.19. The standard InChI is InChI=1S/C26H32N4O4S3/c1-3-33-25(32)22-19-9-5-4-6-10-20(19)37-24(22)27-21(31)15-36-26-29-28-23(17-12-16(2)35-14-17)30(26)13-18-8-7-11-34-18/h12,14,18H,3-11,13,15H2,1-2H3,(H,27,31). The Kier molecular flexibility index (Phi) is 8.63. The molecule has 1 aliphatic carbocycles. The summed E-state index contributed by atoms with van der Waals surface area (Å²) in [4.78, 5) is 28.3. The van der Waals surface area contributed by atoms with Crippen molar-refractivity contribution in [3.8, 4) is 11.4 Å². The largest absolute Gasteiger partial charge is 0.462 e. The van der Waals surface area contributed by atoms with E-state index in [2.05, 4.69) is 38.5 Å². The third-order valence-electron chi connectivity index (χ3n) is 6.60. The summed E-state index contributed by atoms with van der Waals surface area (Å²) in [5.41, 5.74) is 2.62. The van der Waals surface area contributed by atoms with Gasteiger partial charge in [-0.3, -0.25) is 9.36 Å². The number of hydrogen-bond donors (Lipinski definition) is 1. The van der Waals surface area contributed by atoms with Gasteiger partial charge in [0, 0.05) is 27.3 Å². The maximum absolute atomic E-state index is 13.1. The molecule has 0 spiro atoms. The second kappa shape index (κ2) is 12.1. The van der Waals surface area contributed by atoms with Crippen molar-refractivity contribution in [2.75, 3.05) is 24.3 Å². The van der Waals surface area contributed by atoms with Crippen molar-refractivity contribution >= 4 is 51.3 Å². The third kappa shape index (κ3) is 6.10. The van der Waals surface area contributed by atoms with Crippen molar-refractivity contribution in [1.82, 2.24) is 14.8 Å². The molecule has 1 aliphatic heterocycles. The molecule has 37 heavy (non-hydrogen) atoms.